The fraction of sp³-hybridized carbons (Fsp3) is 0.733. The van der Waals surface area contributed by atoms with E-state index in [4.69, 9.17) is 15.9 Å². The van der Waals surface area contributed by atoms with Gasteiger partial charge in [0.1, 0.15) is 0 Å². The van der Waals surface area contributed by atoms with Crippen LogP contribution in [0.25, 0.3) is 0 Å². The molecule has 2 bridgehead atoms. The molecule has 0 radical (unpaired) electrons. The molecular weight excluding hydrogens is 308 g/mol. The van der Waals surface area contributed by atoms with E-state index >= 15 is 0 Å². The molecule has 0 aromatic heterocycles. The minimum Gasteiger partial charge on any atom is -0.390 e. The van der Waals surface area contributed by atoms with Crippen LogP contribution in [0.3, 0.4) is 0 Å². The van der Waals surface area contributed by atoms with Crippen LogP contribution in [0.15, 0.2) is 12.2 Å². The Balaban J connectivity index is 2.07. The maximum Gasteiger partial charge on any atom is 0.0877 e. The summed E-state index contributed by atoms with van der Waals surface area (Å²) in [4.78, 5) is 0.182. The summed E-state index contributed by atoms with van der Waals surface area (Å²) >= 11 is 3.63. The molecule has 0 unspecified atom stereocenters. The van der Waals surface area contributed by atoms with Crippen LogP contribution in [0.5, 0.6) is 0 Å². The highest BCUT2D eigenvalue weighted by Crippen LogP contribution is 2.35. The summed E-state index contributed by atoms with van der Waals surface area (Å²) in [6.45, 7) is 2.10. The predicted molar refractivity (Wildman–Crippen MR) is 78.2 cm³/mol. The van der Waals surface area contributed by atoms with Crippen molar-refractivity contribution < 1.29 is 14.6 Å². The van der Waals surface area contributed by atoms with Crippen LogP contribution >= 0.6 is 15.9 Å². The van der Waals surface area contributed by atoms with Crippen LogP contribution in [0.2, 0.25) is 0 Å². The minimum absolute atomic E-state index is 0.00361. The van der Waals surface area contributed by atoms with Crippen molar-refractivity contribution >= 4 is 15.9 Å². The van der Waals surface area contributed by atoms with E-state index in [1.807, 2.05) is 6.08 Å². The number of fused-ring (bicyclic) bond motifs is 2. The number of aliphatic hydroxyl groups excluding tert-OH is 1. The first-order valence-corrected chi connectivity index (χ1v) is 7.81. The second kappa shape index (κ2) is 6.90. The fourth-order valence-corrected chi connectivity index (χ4v) is 3.69. The number of aliphatic hydroxyl groups is 1. The smallest absolute Gasteiger partial charge is 0.0877 e. The molecule has 2 aliphatic heterocycles. The highest BCUT2D eigenvalue weighted by molar-refractivity contribution is 9.09. The number of rotatable bonds is 3. The summed E-state index contributed by atoms with van der Waals surface area (Å²) in [7, 11) is 0. The van der Waals surface area contributed by atoms with Gasteiger partial charge in [-0.25, -0.2) is 0 Å². The fourth-order valence-electron chi connectivity index (χ4n) is 2.81. The number of terminal acetylenes is 1. The van der Waals surface area contributed by atoms with Gasteiger partial charge in [-0.3, -0.25) is 0 Å². The molecule has 2 heterocycles. The molecule has 0 saturated carbocycles. The Hall–Kier alpha value is -0.340. The molecule has 2 saturated heterocycles. The van der Waals surface area contributed by atoms with E-state index in [2.05, 4.69) is 28.8 Å². The van der Waals surface area contributed by atoms with E-state index < -0.39 is 6.10 Å². The van der Waals surface area contributed by atoms with Crippen LogP contribution in [-0.4, -0.2) is 40.5 Å². The van der Waals surface area contributed by atoms with Gasteiger partial charge in [-0.2, -0.15) is 0 Å². The molecule has 2 fully saturated rings. The SMILES string of the molecule is C#CC=CC[C@H]1O[C@@H]2C[C@H]1O[C@@H](CC)[C@H](Br)C[C@@H]2O. The lowest BCUT2D eigenvalue weighted by Crippen LogP contribution is -2.38. The zero-order chi connectivity index (χ0) is 13.8. The number of hydrogen-bond acceptors (Lipinski definition) is 3. The Bertz CT molecular complexity index is 363. The number of alkyl halides is 1. The summed E-state index contributed by atoms with van der Waals surface area (Å²) < 4.78 is 12.1. The Labute approximate surface area is 123 Å². The van der Waals surface area contributed by atoms with Crippen molar-refractivity contribution in [2.75, 3.05) is 0 Å². The van der Waals surface area contributed by atoms with Crippen molar-refractivity contribution in [2.24, 2.45) is 0 Å². The van der Waals surface area contributed by atoms with E-state index in [-0.39, 0.29) is 29.2 Å². The van der Waals surface area contributed by atoms with Crippen molar-refractivity contribution in [3.8, 4) is 12.3 Å². The van der Waals surface area contributed by atoms with Crippen molar-refractivity contribution in [3.63, 3.8) is 0 Å². The average molecular weight is 329 g/mol. The maximum absolute atomic E-state index is 10.2. The van der Waals surface area contributed by atoms with Crippen LogP contribution < -0.4 is 0 Å². The van der Waals surface area contributed by atoms with E-state index in [0.717, 1.165) is 19.3 Å². The van der Waals surface area contributed by atoms with Gasteiger partial charge in [0, 0.05) is 11.2 Å². The summed E-state index contributed by atoms with van der Waals surface area (Å²) in [6, 6.07) is 0. The first-order chi connectivity index (χ1) is 9.15. The van der Waals surface area contributed by atoms with Gasteiger partial charge in [-0.1, -0.05) is 34.9 Å². The standard InChI is InChI=1S/C15H21BrO3/c1-3-5-6-7-13-15-9-14(19-13)11(17)8-10(16)12(4-2)18-15/h1,5-6,10-15,17H,4,7-9H2,2H3/t10-,11+,12+,13-,14-,15-/m1/s1. The molecule has 1 N–H and O–H groups in total. The molecular formula is C15H21BrO3. The van der Waals surface area contributed by atoms with Gasteiger partial charge in [-0.15, -0.1) is 6.42 Å². The molecule has 0 amide bonds. The van der Waals surface area contributed by atoms with Crippen LogP contribution in [0.1, 0.15) is 32.6 Å². The quantitative estimate of drug-likeness (QED) is 0.638. The number of ether oxygens (including phenoxy) is 2. The van der Waals surface area contributed by atoms with Crippen LogP contribution in [0.4, 0.5) is 0 Å². The molecule has 6 atom stereocenters. The van der Waals surface area contributed by atoms with Gasteiger partial charge in [0.15, 0.2) is 0 Å². The maximum atomic E-state index is 10.2. The lowest BCUT2D eigenvalue weighted by molar-refractivity contribution is -0.0532. The van der Waals surface area contributed by atoms with E-state index in [0.29, 0.717) is 6.42 Å². The Morgan fingerprint density at radius 1 is 1.32 bits per heavy atom. The monoisotopic (exact) mass is 328 g/mol. The first kappa shape index (κ1) is 15.1. The second-order valence-electron chi connectivity index (χ2n) is 5.19. The van der Waals surface area contributed by atoms with Gasteiger partial charge in [-0.05, 0) is 25.3 Å². The Morgan fingerprint density at radius 2 is 2.05 bits per heavy atom. The summed E-state index contributed by atoms with van der Waals surface area (Å²) in [5, 5.41) is 10.2. The molecule has 0 aromatic carbocycles. The van der Waals surface area contributed by atoms with Gasteiger partial charge < -0.3 is 14.6 Å². The second-order valence-corrected chi connectivity index (χ2v) is 6.37. The molecule has 4 heteroatoms. The normalized spacial score (nSPS) is 42.8. The zero-order valence-electron chi connectivity index (χ0n) is 11.2. The van der Waals surface area contributed by atoms with E-state index in [1.165, 1.54) is 0 Å². The van der Waals surface area contributed by atoms with Gasteiger partial charge in [0.2, 0.25) is 0 Å². The lowest BCUT2D eigenvalue weighted by atomic mass is 9.97. The summed E-state index contributed by atoms with van der Waals surface area (Å²) in [6.07, 6.45) is 11.6. The summed E-state index contributed by atoms with van der Waals surface area (Å²) in [5.74, 6) is 2.48. The van der Waals surface area contributed by atoms with Crippen molar-refractivity contribution in [1.29, 1.82) is 0 Å². The van der Waals surface area contributed by atoms with E-state index in [1.54, 1.807) is 6.08 Å². The number of halogens is 1. The zero-order valence-corrected chi connectivity index (χ0v) is 12.8. The molecule has 106 valence electrons. The first-order valence-electron chi connectivity index (χ1n) is 6.89. The summed E-state index contributed by atoms with van der Waals surface area (Å²) in [5.41, 5.74) is 0. The molecule has 0 aromatic rings. The lowest BCUT2D eigenvalue weighted by Gasteiger charge is -2.30. The molecule has 2 aliphatic rings. The van der Waals surface area contributed by atoms with Gasteiger partial charge in [0.25, 0.3) is 0 Å². The Morgan fingerprint density at radius 3 is 2.74 bits per heavy atom. The average Bonchev–Trinajstić information content (AvgIpc) is 2.79. The molecule has 3 nitrogen and oxygen atoms in total. The van der Waals surface area contributed by atoms with Gasteiger partial charge in [0.05, 0.1) is 30.5 Å². The van der Waals surface area contributed by atoms with Crippen molar-refractivity contribution in [2.45, 2.75) is 68.0 Å². The predicted octanol–water partition coefficient (Wildman–Crippen LogP) is 2.42. The molecule has 0 aliphatic carbocycles. The highest BCUT2D eigenvalue weighted by atomic mass is 79.9. The van der Waals surface area contributed by atoms with Crippen molar-refractivity contribution in [3.05, 3.63) is 12.2 Å². The third kappa shape index (κ3) is 3.61. The number of hydrogen-bond donors (Lipinski definition) is 1. The van der Waals surface area contributed by atoms with Crippen molar-refractivity contribution in [1.82, 2.24) is 0 Å². The van der Waals surface area contributed by atoms with Gasteiger partial charge >= 0.3 is 0 Å². The third-order valence-electron chi connectivity index (χ3n) is 3.86. The molecule has 19 heavy (non-hydrogen) atoms. The third-order valence-corrected chi connectivity index (χ3v) is 4.83. The minimum atomic E-state index is -0.425. The highest BCUT2D eigenvalue weighted by Gasteiger charge is 2.43. The largest absolute Gasteiger partial charge is 0.390 e. The van der Waals surface area contributed by atoms with Crippen LogP contribution in [-0.2, 0) is 9.47 Å². The van der Waals surface area contributed by atoms with E-state index in [9.17, 15) is 5.11 Å². The molecule has 2 rings (SSSR count). The topological polar surface area (TPSA) is 38.7 Å². The Kier molecular flexibility index (Phi) is 5.47. The van der Waals surface area contributed by atoms with Crippen LogP contribution in [0, 0.1) is 12.3 Å². The molecule has 0 spiro atoms. The number of allylic oxidation sites excluding steroid dienone is 1.